The summed E-state index contributed by atoms with van der Waals surface area (Å²) in [6.07, 6.45) is 88.1. The maximum Gasteiger partial charge on any atom is 0.306 e. The van der Waals surface area contributed by atoms with Gasteiger partial charge in [-0.25, -0.2) is 0 Å². The lowest BCUT2D eigenvalue weighted by molar-refractivity contribution is -0.167. The van der Waals surface area contributed by atoms with E-state index in [1.165, 1.54) is 321 Å². The van der Waals surface area contributed by atoms with Gasteiger partial charge in [-0.3, -0.25) is 14.4 Å². The molecule has 0 spiro atoms. The molecule has 6 nitrogen and oxygen atoms in total. The summed E-state index contributed by atoms with van der Waals surface area (Å²) in [4.78, 5) is 38.4. The Bertz CT molecular complexity index is 1320. The van der Waals surface area contributed by atoms with Crippen molar-refractivity contribution in [3.8, 4) is 0 Å². The van der Waals surface area contributed by atoms with Gasteiger partial charge in [0.2, 0.25) is 0 Å². The predicted octanol–water partition coefficient (Wildman–Crippen LogP) is 25.7. The molecular formula is C76H144O6. The molecule has 0 rings (SSSR count). The minimum atomic E-state index is -0.775. The van der Waals surface area contributed by atoms with Gasteiger partial charge in [0, 0.05) is 19.3 Å². The lowest BCUT2D eigenvalue weighted by Gasteiger charge is -2.18. The summed E-state index contributed by atoms with van der Waals surface area (Å²) in [6.45, 7) is 6.70. The SMILES string of the molecule is CCCCCCC/C=C\CCCCCCCC(=O)OCC(COC(=O)CCCCCCCCCCCCCCCCCCCCCCCCCCCCCCCCCCC)OC(=O)CCCCCCCCC/C=C\CCCCCCCC. The highest BCUT2D eigenvalue weighted by atomic mass is 16.6. The minimum Gasteiger partial charge on any atom is -0.462 e. The molecule has 0 aliphatic carbocycles. The van der Waals surface area contributed by atoms with E-state index in [0.29, 0.717) is 19.3 Å². The predicted molar refractivity (Wildman–Crippen MR) is 358 cm³/mol. The van der Waals surface area contributed by atoms with Crippen molar-refractivity contribution in [2.45, 2.75) is 431 Å². The topological polar surface area (TPSA) is 78.9 Å². The van der Waals surface area contributed by atoms with Gasteiger partial charge in [0.05, 0.1) is 0 Å². The number of unbranched alkanes of at least 4 members (excludes halogenated alkanes) is 55. The van der Waals surface area contributed by atoms with Crippen LogP contribution in [-0.2, 0) is 28.6 Å². The van der Waals surface area contributed by atoms with Crippen molar-refractivity contribution in [1.29, 1.82) is 0 Å². The quantitative estimate of drug-likeness (QED) is 0.0261. The van der Waals surface area contributed by atoms with Crippen LogP contribution in [0.25, 0.3) is 0 Å². The number of hydrogen-bond donors (Lipinski definition) is 0. The number of esters is 3. The third-order valence-corrected chi connectivity index (χ3v) is 17.2. The number of rotatable bonds is 70. The van der Waals surface area contributed by atoms with Crippen LogP contribution in [0.2, 0.25) is 0 Å². The van der Waals surface area contributed by atoms with Crippen LogP contribution in [0.3, 0.4) is 0 Å². The van der Waals surface area contributed by atoms with Crippen LogP contribution in [0.4, 0.5) is 0 Å². The zero-order chi connectivity index (χ0) is 59.2. The van der Waals surface area contributed by atoms with E-state index in [-0.39, 0.29) is 31.1 Å². The van der Waals surface area contributed by atoms with Crippen molar-refractivity contribution in [3.05, 3.63) is 24.3 Å². The standard InChI is InChI=1S/C76H144O6/c1-4-7-10-13-16-19-22-25-28-30-31-32-33-34-35-36-37-38-39-40-41-42-43-44-45-47-48-51-54-57-60-63-66-69-75(78)81-72-73(71-80-74(77)68-65-62-59-56-53-50-27-24-21-18-15-12-9-6-3)82-76(79)70-67-64-61-58-55-52-49-46-29-26-23-20-17-14-11-8-5-2/h24,26-27,29,73H,4-23,25,28,30-72H2,1-3H3/b27-24-,29-26-. The van der Waals surface area contributed by atoms with Crippen molar-refractivity contribution < 1.29 is 28.6 Å². The fourth-order valence-electron chi connectivity index (χ4n) is 11.6. The Hall–Kier alpha value is -2.11. The molecule has 0 saturated heterocycles. The van der Waals surface area contributed by atoms with Gasteiger partial charge in [0.25, 0.3) is 0 Å². The first-order valence-corrected chi connectivity index (χ1v) is 37.3. The van der Waals surface area contributed by atoms with Gasteiger partial charge in [0.15, 0.2) is 6.10 Å². The Morgan fingerprint density at radius 3 is 0.610 bits per heavy atom. The Morgan fingerprint density at radius 1 is 0.232 bits per heavy atom. The number of hydrogen-bond acceptors (Lipinski definition) is 6. The molecule has 0 radical (unpaired) electrons. The molecule has 484 valence electrons. The van der Waals surface area contributed by atoms with Gasteiger partial charge in [-0.1, -0.05) is 360 Å². The van der Waals surface area contributed by atoms with Crippen molar-refractivity contribution in [2.24, 2.45) is 0 Å². The van der Waals surface area contributed by atoms with E-state index in [4.69, 9.17) is 14.2 Å². The lowest BCUT2D eigenvalue weighted by atomic mass is 10.0. The van der Waals surface area contributed by atoms with E-state index in [1.54, 1.807) is 0 Å². The molecule has 6 heteroatoms. The van der Waals surface area contributed by atoms with Gasteiger partial charge in [-0.2, -0.15) is 0 Å². The second-order valence-corrected chi connectivity index (χ2v) is 25.6. The zero-order valence-corrected chi connectivity index (χ0v) is 55.8. The molecule has 0 bridgehead atoms. The third-order valence-electron chi connectivity index (χ3n) is 17.2. The fraction of sp³-hybridized carbons (Fsp3) is 0.908. The normalized spacial score (nSPS) is 12.1. The number of ether oxygens (including phenoxy) is 3. The molecule has 0 N–H and O–H groups in total. The summed E-state index contributed by atoms with van der Waals surface area (Å²) in [5.41, 5.74) is 0. The maximum absolute atomic E-state index is 12.9. The molecule has 0 fully saturated rings. The second-order valence-electron chi connectivity index (χ2n) is 25.6. The van der Waals surface area contributed by atoms with Crippen LogP contribution < -0.4 is 0 Å². The summed E-state index contributed by atoms with van der Waals surface area (Å²) in [5.74, 6) is -0.853. The highest BCUT2D eigenvalue weighted by Crippen LogP contribution is 2.19. The first kappa shape index (κ1) is 79.9. The Balaban J connectivity index is 4.10. The second kappa shape index (κ2) is 71.4. The van der Waals surface area contributed by atoms with E-state index in [1.807, 2.05) is 0 Å². The summed E-state index contributed by atoms with van der Waals surface area (Å²) in [7, 11) is 0. The van der Waals surface area contributed by atoms with E-state index < -0.39 is 6.10 Å². The van der Waals surface area contributed by atoms with E-state index in [2.05, 4.69) is 45.1 Å². The van der Waals surface area contributed by atoms with Crippen molar-refractivity contribution in [2.75, 3.05) is 13.2 Å². The summed E-state index contributed by atoms with van der Waals surface area (Å²) >= 11 is 0. The third kappa shape index (κ3) is 68.7. The van der Waals surface area contributed by atoms with Crippen molar-refractivity contribution in [1.82, 2.24) is 0 Å². The van der Waals surface area contributed by atoms with E-state index in [9.17, 15) is 14.4 Å². The van der Waals surface area contributed by atoms with Gasteiger partial charge in [-0.15, -0.1) is 0 Å². The smallest absolute Gasteiger partial charge is 0.306 e. The molecule has 0 saturated carbocycles. The van der Waals surface area contributed by atoms with E-state index >= 15 is 0 Å². The molecule has 1 unspecified atom stereocenters. The van der Waals surface area contributed by atoms with Crippen LogP contribution in [0.1, 0.15) is 425 Å². The molecule has 0 heterocycles. The summed E-state index contributed by atoms with van der Waals surface area (Å²) in [5, 5.41) is 0. The van der Waals surface area contributed by atoms with Crippen molar-refractivity contribution >= 4 is 17.9 Å². The molecule has 82 heavy (non-hydrogen) atoms. The first-order valence-electron chi connectivity index (χ1n) is 37.3. The van der Waals surface area contributed by atoms with Gasteiger partial charge < -0.3 is 14.2 Å². The molecule has 0 aromatic carbocycles. The average molecular weight is 1150 g/mol. The number of carbonyl (C=O) groups excluding carboxylic acids is 3. The molecule has 0 aromatic rings. The van der Waals surface area contributed by atoms with Crippen LogP contribution in [0.15, 0.2) is 24.3 Å². The maximum atomic E-state index is 12.9. The van der Waals surface area contributed by atoms with Gasteiger partial charge >= 0.3 is 17.9 Å². The van der Waals surface area contributed by atoms with Gasteiger partial charge in [-0.05, 0) is 70.6 Å². The highest BCUT2D eigenvalue weighted by molar-refractivity contribution is 5.71. The minimum absolute atomic E-state index is 0.0704. The average Bonchev–Trinajstić information content (AvgIpc) is 3.48. The van der Waals surface area contributed by atoms with Crippen LogP contribution in [-0.4, -0.2) is 37.2 Å². The summed E-state index contributed by atoms with van der Waals surface area (Å²) < 4.78 is 17.0. The van der Waals surface area contributed by atoms with Crippen LogP contribution in [0.5, 0.6) is 0 Å². The zero-order valence-electron chi connectivity index (χ0n) is 55.8. The largest absolute Gasteiger partial charge is 0.462 e. The highest BCUT2D eigenvalue weighted by Gasteiger charge is 2.20. The Kier molecular flexibility index (Phi) is 69.5. The Labute approximate surface area is 513 Å². The molecule has 0 aliphatic heterocycles. The van der Waals surface area contributed by atoms with Crippen LogP contribution in [0, 0.1) is 0 Å². The lowest BCUT2D eigenvalue weighted by Crippen LogP contribution is -2.30. The number of allylic oxidation sites excluding steroid dienone is 4. The van der Waals surface area contributed by atoms with Crippen LogP contribution >= 0.6 is 0 Å². The molecule has 0 aromatic heterocycles. The molecule has 0 aliphatic rings. The molecule has 1 atom stereocenters. The van der Waals surface area contributed by atoms with Crippen molar-refractivity contribution in [3.63, 3.8) is 0 Å². The molecule has 0 amide bonds. The monoisotopic (exact) mass is 1150 g/mol. The fourth-order valence-corrected chi connectivity index (χ4v) is 11.6. The first-order chi connectivity index (χ1) is 40.5. The number of carbonyl (C=O) groups is 3. The summed E-state index contributed by atoms with van der Waals surface area (Å²) in [6, 6.07) is 0. The Morgan fingerprint density at radius 2 is 0.402 bits per heavy atom. The van der Waals surface area contributed by atoms with E-state index in [0.717, 1.165) is 64.2 Å². The molecular weight excluding hydrogens is 1010 g/mol. The van der Waals surface area contributed by atoms with Gasteiger partial charge in [0.1, 0.15) is 13.2 Å².